The molecule has 0 aromatic heterocycles. The third-order valence-corrected chi connectivity index (χ3v) is 6.61. The van der Waals surface area contributed by atoms with Crippen molar-refractivity contribution in [3.05, 3.63) is 34.9 Å². The molecular formula is C22H36ClN5. The first-order valence-corrected chi connectivity index (χ1v) is 11.2. The molecule has 2 saturated heterocycles. The largest absolute Gasteiger partial charge is 0.357 e. The fraction of sp³-hybridized carbons (Fsp3) is 0.682. The predicted octanol–water partition coefficient (Wildman–Crippen LogP) is 3.35. The maximum Gasteiger partial charge on any atom is 0.191 e. The summed E-state index contributed by atoms with van der Waals surface area (Å²) in [6.45, 7) is 9.33. The zero-order valence-corrected chi connectivity index (χ0v) is 18.3. The van der Waals surface area contributed by atoms with Crippen molar-refractivity contribution in [3.63, 3.8) is 0 Å². The summed E-state index contributed by atoms with van der Waals surface area (Å²) in [4.78, 5) is 10.0. The molecule has 2 N–H and O–H groups in total. The summed E-state index contributed by atoms with van der Waals surface area (Å²) in [5, 5.41) is 7.86. The first-order chi connectivity index (χ1) is 13.6. The normalized spacial score (nSPS) is 21.5. The van der Waals surface area contributed by atoms with Crippen LogP contribution in [0.2, 0.25) is 5.02 Å². The number of nitrogens with one attached hydrogen (secondary N) is 2. The Hall–Kier alpha value is -1.30. The molecule has 2 aliphatic heterocycles. The minimum absolute atomic E-state index is 0.244. The van der Waals surface area contributed by atoms with Crippen LogP contribution in [-0.4, -0.2) is 67.6 Å². The van der Waals surface area contributed by atoms with Crippen LogP contribution in [-0.2, 0) is 6.54 Å². The van der Waals surface area contributed by atoms with Crippen molar-refractivity contribution in [3.8, 4) is 0 Å². The summed E-state index contributed by atoms with van der Waals surface area (Å²) >= 11 is 6.30. The topological polar surface area (TPSA) is 42.9 Å². The van der Waals surface area contributed by atoms with E-state index in [-0.39, 0.29) is 5.54 Å². The van der Waals surface area contributed by atoms with E-state index >= 15 is 0 Å². The summed E-state index contributed by atoms with van der Waals surface area (Å²) in [7, 11) is 2.24. The molecule has 0 bridgehead atoms. The van der Waals surface area contributed by atoms with Crippen LogP contribution in [0.4, 0.5) is 0 Å². The van der Waals surface area contributed by atoms with Crippen LogP contribution >= 0.6 is 11.6 Å². The SMILES string of the molecule is CCNC(=NCc1ccccc1Cl)NCC1(N2CCCCC2)CCN(C)CC1. The van der Waals surface area contributed by atoms with Crippen molar-refractivity contribution in [2.24, 2.45) is 4.99 Å². The van der Waals surface area contributed by atoms with Crippen molar-refractivity contribution in [2.75, 3.05) is 46.3 Å². The molecule has 2 aliphatic rings. The first-order valence-electron chi connectivity index (χ1n) is 10.8. The Morgan fingerprint density at radius 3 is 2.46 bits per heavy atom. The molecule has 1 aromatic rings. The van der Waals surface area contributed by atoms with E-state index in [1.807, 2.05) is 24.3 Å². The molecule has 28 heavy (non-hydrogen) atoms. The maximum atomic E-state index is 6.30. The Morgan fingerprint density at radius 2 is 1.79 bits per heavy atom. The number of hydrogen-bond donors (Lipinski definition) is 2. The lowest BCUT2D eigenvalue weighted by atomic mass is 9.84. The lowest BCUT2D eigenvalue weighted by Crippen LogP contribution is -2.62. The second-order valence-corrected chi connectivity index (χ2v) is 8.62. The van der Waals surface area contributed by atoms with E-state index in [1.54, 1.807) is 0 Å². The van der Waals surface area contributed by atoms with Gasteiger partial charge in [-0.2, -0.15) is 0 Å². The second-order valence-electron chi connectivity index (χ2n) is 8.22. The fourth-order valence-corrected chi connectivity index (χ4v) is 4.58. The van der Waals surface area contributed by atoms with Crippen LogP contribution in [0.5, 0.6) is 0 Å². The van der Waals surface area contributed by atoms with Crippen LogP contribution in [0.15, 0.2) is 29.3 Å². The van der Waals surface area contributed by atoms with Crippen molar-refractivity contribution in [1.82, 2.24) is 20.4 Å². The average molecular weight is 406 g/mol. The summed E-state index contributed by atoms with van der Waals surface area (Å²) in [5.74, 6) is 0.887. The van der Waals surface area contributed by atoms with Gasteiger partial charge in [-0.05, 0) is 77.5 Å². The highest BCUT2D eigenvalue weighted by Gasteiger charge is 2.39. The second kappa shape index (κ2) is 10.5. The molecule has 2 fully saturated rings. The summed E-state index contributed by atoms with van der Waals surface area (Å²) < 4.78 is 0. The Balaban J connectivity index is 1.68. The number of benzene rings is 1. The highest BCUT2D eigenvalue weighted by Crippen LogP contribution is 2.30. The number of halogens is 1. The summed E-state index contributed by atoms with van der Waals surface area (Å²) in [5.41, 5.74) is 1.31. The van der Waals surface area contributed by atoms with Gasteiger partial charge in [0.25, 0.3) is 0 Å². The molecule has 0 amide bonds. The van der Waals surface area contributed by atoms with Crippen LogP contribution in [0.25, 0.3) is 0 Å². The lowest BCUT2D eigenvalue weighted by molar-refractivity contribution is 0.0173. The minimum Gasteiger partial charge on any atom is -0.357 e. The maximum absolute atomic E-state index is 6.30. The van der Waals surface area contributed by atoms with Gasteiger partial charge in [0.05, 0.1) is 6.54 Å². The monoisotopic (exact) mass is 405 g/mol. The smallest absolute Gasteiger partial charge is 0.191 e. The van der Waals surface area contributed by atoms with E-state index in [1.165, 1.54) is 58.3 Å². The quantitative estimate of drug-likeness (QED) is 0.562. The minimum atomic E-state index is 0.244. The molecule has 1 aromatic carbocycles. The zero-order valence-electron chi connectivity index (χ0n) is 17.5. The molecule has 6 heteroatoms. The van der Waals surface area contributed by atoms with Gasteiger partial charge in [0.1, 0.15) is 0 Å². The average Bonchev–Trinajstić information content (AvgIpc) is 2.73. The van der Waals surface area contributed by atoms with Gasteiger partial charge in [-0.1, -0.05) is 36.2 Å². The number of likely N-dealkylation sites (tertiary alicyclic amines) is 2. The van der Waals surface area contributed by atoms with Gasteiger partial charge in [-0.25, -0.2) is 4.99 Å². The Morgan fingerprint density at radius 1 is 1.07 bits per heavy atom. The summed E-state index contributed by atoms with van der Waals surface area (Å²) in [6, 6.07) is 7.95. The standard InChI is InChI=1S/C22H36ClN5/c1-3-24-21(25-17-19-9-5-6-10-20(19)23)26-18-22(11-15-27(2)16-12-22)28-13-7-4-8-14-28/h5-6,9-10H,3-4,7-8,11-18H2,1-2H3,(H2,24,25,26). The Labute approximate surface area is 175 Å². The van der Waals surface area contributed by atoms with Gasteiger partial charge >= 0.3 is 0 Å². The lowest BCUT2D eigenvalue weighted by Gasteiger charge is -2.50. The molecular weight excluding hydrogens is 370 g/mol. The molecule has 0 aliphatic carbocycles. The van der Waals surface area contributed by atoms with Gasteiger partial charge in [-0.15, -0.1) is 0 Å². The fourth-order valence-electron chi connectivity index (χ4n) is 4.39. The van der Waals surface area contributed by atoms with E-state index < -0.39 is 0 Å². The Kier molecular flexibility index (Phi) is 8.00. The van der Waals surface area contributed by atoms with Gasteiger partial charge in [0.15, 0.2) is 5.96 Å². The molecule has 0 radical (unpaired) electrons. The van der Waals surface area contributed by atoms with Crippen molar-refractivity contribution in [2.45, 2.75) is 51.1 Å². The molecule has 0 spiro atoms. The number of hydrogen-bond acceptors (Lipinski definition) is 3. The van der Waals surface area contributed by atoms with Crippen LogP contribution in [0.1, 0.15) is 44.6 Å². The molecule has 2 heterocycles. The third kappa shape index (κ3) is 5.62. The molecule has 0 saturated carbocycles. The van der Waals surface area contributed by atoms with E-state index in [0.29, 0.717) is 6.54 Å². The predicted molar refractivity (Wildman–Crippen MR) is 119 cm³/mol. The molecule has 0 unspecified atom stereocenters. The van der Waals surface area contributed by atoms with Gasteiger partial charge in [0.2, 0.25) is 0 Å². The van der Waals surface area contributed by atoms with E-state index in [9.17, 15) is 0 Å². The van der Waals surface area contributed by atoms with Gasteiger partial charge in [0, 0.05) is 23.7 Å². The third-order valence-electron chi connectivity index (χ3n) is 6.24. The molecule has 5 nitrogen and oxygen atoms in total. The molecule has 156 valence electrons. The highest BCUT2D eigenvalue weighted by molar-refractivity contribution is 6.31. The first kappa shape index (κ1) is 21.4. The molecule has 0 atom stereocenters. The van der Waals surface area contributed by atoms with E-state index in [2.05, 4.69) is 34.4 Å². The van der Waals surface area contributed by atoms with Crippen LogP contribution in [0, 0.1) is 0 Å². The van der Waals surface area contributed by atoms with Crippen LogP contribution < -0.4 is 10.6 Å². The van der Waals surface area contributed by atoms with Gasteiger partial charge in [-0.3, -0.25) is 4.90 Å². The number of piperidine rings is 2. The van der Waals surface area contributed by atoms with Crippen molar-refractivity contribution < 1.29 is 0 Å². The van der Waals surface area contributed by atoms with Gasteiger partial charge < -0.3 is 15.5 Å². The number of guanidine groups is 1. The van der Waals surface area contributed by atoms with Crippen molar-refractivity contribution >= 4 is 17.6 Å². The van der Waals surface area contributed by atoms with Crippen molar-refractivity contribution in [1.29, 1.82) is 0 Å². The number of aliphatic imine (C=N–C) groups is 1. The highest BCUT2D eigenvalue weighted by atomic mass is 35.5. The Bertz CT molecular complexity index is 634. The molecule has 3 rings (SSSR count). The van der Waals surface area contributed by atoms with E-state index in [0.717, 1.165) is 29.6 Å². The number of rotatable bonds is 6. The zero-order chi connectivity index (χ0) is 19.8. The summed E-state index contributed by atoms with van der Waals surface area (Å²) in [6.07, 6.45) is 6.49. The van der Waals surface area contributed by atoms with E-state index in [4.69, 9.17) is 16.6 Å². The van der Waals surface area contributed by atoms with Crippen LogP contribution in [0.3, 0.4) is 0 Å². The number of nitrogens with zero attached hydrogens (tertiary/aromatic N) is 3.